The predicted molar refractivity (Wildman–Crippen MR) is 87.1 cm³/mol. The fourth-order valence-corrected chi connectivity index (χ4v) is 3.61. The van der Waals surface area contributed by atoms with Gasteiger partial charge in [-0.05, 0) is 25.0 Å². The Labute approximate surface area is 141 Å². The summed E-state index contributed by atoms with van der Waals surface area (Å²) in [5, 5.41) is 9.55. The van der Waals surface area contributed by atoms with E-state index < -0.39 is 17.9 Å². The first-order chi connectivity index (χ1) is 11.4. The zero-order valence-electron chi connectivity index (χ0n) is 13.9. The standard InChI is InChI=1S/C18H22N2O4/c1-11(2)19-10-14(8-16(19)21)17(22)20-9-13-6-4-3-5-12(13)7-15(20)18(23)24/h3-6,11,14-15H,7-10H2,1-2H3,(H,23,24)/t14-,15-/m0/s1. The summed E-state index contributed by atoms with van der Waals surface area (Å²) in [6.45, 7) is 4.50. The van der Waals surface area contributed by atoms with Crippen molar-refractivity contribution in [3.63, 3.8) is 0 Å². The number of fused-ring (bicyclic) bond motifs is 1. The van der Waals surface area contributed by atoms with Gasteiger partial charge >= 0.3 is 5.97 Å². The Morgan fingerprint density at radius 2 is 1.83 bits per heavy atom. The summed E-state index contributed by atoms with van der Waals surface area (Å²) < 4.78 is 0. The van der Waals surface area contributed by atoms with Gasteiger partial charge in [-0.1, -0.05) is 24.3 Å². The molecule has 2 heterocycles. The molecule has 3 rings (SSSR count). The Morgan fingerprint density at radius 3 is 2.42 bits per heavy atom. The number of benzene rings is 1. The highest BCUT2D eigenvalue weighted by molar-refractivity contribution is 5.91. The quantitative estimate of drug-likeness (QED) is 0.906. The van der Waals surface area contributed by atoms with Crippen molar-refractivity contribution < 1.29 is 19.5 Å². The van der Waals surface area contributed by atoms with Gasteiger partial charge in [-0.15, -0.1) is 0 Å². The molecule has 1 aromatic rings. The number of likely N-dealkylation sites (tertiary alicyclic amines) is 1. The lowest BCUT2D eigenvalue weighted by Gasteiger charge is -2.36. The Balaban J connectivity index is 1.83. The molecule has 1 aromatic carbocycles. The van der Waals surface area contributed by atoms with Crippen LogP contribution in [0, 0.1) is 5.92 Å². The highest BCUT2D eigenvalue weighted by Crippen LogP contribution is 2.28. The van der Waals surface area contributed by atoms with Crippen LogP contribution in [-0.2, 0) is 27.3 Å². The van der Waals surface area contributed by atoms with Crippen molar-refractivity contribution in [3.8, 4) is 0 Å². The lowest BCUT2D eigenvalue weighted by molar-refractivity contribution is -0.153. The summed E-state index contributed by atoms with van der Waals surface area (Å²) in [4.78, 5) is 39.8. The monoisotopic (exact) mass is 330 g/mol. The summed E-state index contributed by atoms with van der Waals surface area (Å²) in [6, 6.07) is 6.79. The molecule has 6 nitrogen and oxygen atoms in total. The molecule has 0 aliphatic carbocycles. The van der Waals surface area contributed by atoms with Gasteiger partial charge in [-0.2, -0.15) is 0 Å². The normalized spacial score (nSPS) is 23.5. The summed E-state index contributed by atoms with van der Waals surface area (Å²) in [7, 11) is 0. The molecular formula is C18H22N2O4. The highest BCUT2D eigenvalue weighted by atomic mass is 16.4. The fraction of sp³-hybridized carbons (Fsp3) is 0.500. The molecule has 2 amide bonds. The van der Waals surface area contributed by atoms with E-state index in [1.807, 2.05) is 38.1 Å². The Hall–Kier alpha value is -2.37. The maximum absolute atomic E-state index is 12.9. The largest absolute Gasteiger partial charge is 0.480 e. The van der Waals surface area contributed by atoms with Crippen LogP contribution in [0.4, 0.5) is 0 Å². The van der Waals surface area contributed by atoms with Crippen molar-refractivity contribution >= 4 is 17.8 Å². The van der Waals surface area contributed by atoms with Crippen molar-refractivity contribution in [3.05, 3.63) is 35.4 Å². The molecular weight excluding hydrogens is 308 g/mol. The van der Waals surface area contributed by atoms with Crippen molar-refractivity contribution in [2.24, 2.45) is 5.92 Å². The molecule has 0 aromatic heterocycles. The number of amides is 2. The minimum Gasteiger partial charge on any atom is -0.480 e. The maximum atomic E-state index is 12.9. The number of carbonyl (C=O) groups excluding carboxylic acids is 2. The molecule has 6 heteroatoms. The minimum absolute atomic E-state index is 0.0346. The third-order valence-corrected chi connectivity index (χ3v) is 4.95. The van der Waals surface area contributed by atoms with Crippen LogP contribution in [0.25, 0.3) is 0 Å². The SMILES string of the molecule is CC(C)N1C[C@@H](C(=O)N2Cc3ccccc3C[C@H]2C(=O)O)CC1=O. The zero-order chi connectivity index (χ0) is 17.4. The van der Waals surface area contributed by atoms with Gasteiger partial charge in [0.1, 0.15) is 6.04 Å². The molecule has 24 heavy (non-hydrogen) atoms. The van der Waals surface area contributed by atoms with Crippen LogP contribution in [0.1, 0.15) is 31.4 Å². The van der Waals surface area contributed by atoms with Crippen LogP contribution in [0.15, 0.2) is 24.3 Å². The first-order valence-electron chi connectivity index (χ1n) is 8.28. The number of rotatable bonds is 3. The van der Waals surface area contributed by atoms with Crippen LogP contribution in [0.5, 0.6) is 0 Å². The number of nitrogens with zero attached hydrogens (tertiary/aromatic N) is 2. The number of aliphatic carboxylic acids is 1. The Bertz CT molecular complexity index is 685. The van der Waals surface area contributed by atoms with Gasteiger partial charge in [0, 0.05) is 32.0 Å². The van der Waals surface area contributed by atoms with E-state index in [-0.39, 0.29) is 24.3 Å². The molecule has 2 aliphatic rings. The van der Waals surface area contributed by atoms with Gasteiger partial charge < -0.3 is 14.9 Å². The van der Waals surface area contributed by atoms with Crippen molar-refractivity contribution in [2.45, 2.75) is 45.3 Å². The smallest absolute Gasteiger partial charge is 0.326 e. The lowest BCUT2D eigenvalue weighted by atomic mass is 9.92. The molecule has 128 valence electrons. The van der Waals surface area contributed by atoms with Gasteiger partial charge in [-0.25, -0.2) is 4.79 Å². The summed E-state index contributed by atoms with van der Waals surface area (Å²) in [5.74, 6) is -1.71. The third kappa shape index (κ3) is 2.88. The number of hydrogen-bond acceptors (Lipinski definition) is 3. The highest BCUT2D eigenvalue weighted by Gasteiger charge is 2.42. The Morgan fingerprint density at radius 1 is 1.17 bits per heavy atom. The fourth-order valence-electron chi connectivity index (χ4n) is 3.61. The van der Waals surface area contributed by atoms with E-state index in [4.69, 9.17) is 0 Å². The van der Waals surface area contributed by atoms with E-state index in [9.17, 15) is 19.5 Å². The van der Waals surface area contributed by atoms with E-state index in [2.05, 4.69) is 0 Å². The van der Waals surface area contributed by atoms with Crippen molar-refractivity contribution in [2.75, 3.05) is 6.54 Å². The summed E-state index contributed by atoms with van der Waals surface area (Å²) >= 11 is 0. The van der Waals surface area contributed by atoms with E-state index in [1.165, 1.54) is 4.90 Å². The molecule has 0 radical (unpaired) electrons. The molecule has 2 aliphatic heterocycles. The molecule has 1 fully saturated rings. The summed E-state index contributed by atoms with van der Waals surface area (Å²) in [5.41, 5.74) is 1.95. The average molecular weight is 330 g/mol. The van der Waals surface area contributed by atoms with E-state index in [0.717, 1.165) is 11.1 Å². The molecule has 2 atom stereocenters. The number of carbonyl (C=O) groups is 3. The predicted octanol–water partition coefficient (Wildman–Crippen LogP) is 1.28. The maximum Gasteiger partial charge on any atom is 0.326 e. The number of carboxylic acid groups (broad SMARTS) is 1. The Kier molecular flexibility index (Phi) is 4.30. The molecule has 0 unspecified atom stereocenters. The third-order valence-electron chi connectivity index (χ3n) is 4.95. The summed E-state index contributed by atoms with van der Waals surface area (Å²) in [6.07, 6.45) is 0.479. The van der Waals surface area contributed by atoms with Gasteiger partial charge in [-0.3, -0.25) is 9.59 Å². The second kappa shape index (κ2) is 6.26. The topological polar surface area (TPSA) is 77.9 Å². The zero-order valence-corrected chi connectivity index (χ0v) is 13.9. The average Bonchev–Trinajstić information content (AvgIpc) is 2.95. The first kappa shape index (κ1) is 16.5. The first-order valence-corrected chi connectivity index (χ1v) is 8.28. The van der Waals surface area contributed by atoms with Crippen LogP contribution in [-0.4, -0.2) is 51.3 Å². The number of hydrogen-bond donors (Lipinski definition) is 1. The van der Waals surface area contributed by atoms with Gasteiger partial charge in [0.15, 0.2) is 0 Å². The van der Waals surface area contributed by atoms with Gasteiger partial charge in [0.25, 0.3) is 0 Å². The van der Waals surface area contributed by atoms with Crippen molar-refractivity contribution in [1.29, 1.82) is 0 Å². The van der Waals surface area contributed by atoms with E-state index >= 15 is 0 Å². The van der Waals surface area contributed by atoms with Crippen LogP contribution in [0.3, 0.4) is 0 Å². The second-order valence-electron chi connectivity index (χ2n) is 6.83. The molecule has 0 spiro atoms. The van der Waals surface area contributed by atoms with Crippen LogP contribution in [0.2, 0.25) is 0 Å². The minimum atomic E-state index is -0.997. The van der Waals surface area contributed by atoms with E-state index in [1.54, 1.807) is 4.90 Å². The van der Waals surface area contributed by atoms with Gasteiger partial charge in [0.05, 0.1) is 5.92 Å². The molecule has 0 saturated carbocycles. The van der Waals surface area contributed by atoms with Crippen LogP contribution >= 0.6 is 0 Å². The number of carboxylic acids is 1. The van der Waals surface area contributed by atoms with Gasteiger partial charge in [0.2, 0.25) is 11.8 Å². The van der Waals surface area contributed by atoms with Crippen LogP contribution < -0.4 is 0 Å². The molecule has 1 saturated heterocycles. The van der Waals surface area contributed by atoms with Crippen molar-refractivity contribution in [1.82, 2.24) is 9.80 Å². The molecule has 0 bridgehead atoms. The lowest BCUT2D eigenvalue weighted by Crippen LogP contribution is -2.51. The van der Waals surface area contributed by atoms with E-state index in [0.29, 0.717) is 19.5 Å². The molecule has 1 N–H and O–H groups in total. The second-order valence-corrected chi connectivity index (χ2v) is 6.83.